The van der Waals surface area contributed by atoms with Crippen molar-refractivity contribution in [3.8, 4) is 0 Å². The van der Waals surface area contributed by atoms with Crippen LogP contribution < -0.4 is 10.2 Å². The van der Waals surface area contributed by atoms with Gasteiger partial charge in [-0.25, -0.2) is 4.79 Å². The molecule has 6 nitrogen and oxygen atoms in total. The van der Waals surface area contributed by atoms with Gasteiger partial charge in [-0.2, -0.15) is 0 Å². The highest BCUT2D eigenvalue weighted by Crippen LogP contribution is 2.22. The molecule has 1 fully saturated rings. The number of para-hydroxylation sites is 1. The van der Waals surface area contributed by atoms with Gasteiger partial charge < -0.3 is 15.0 Å². The first kappa shape index (κ1) is 15.0. The number of esters is 1. The third-order valence-corrected chi connectivity index (χ3v) is 3.22. The Morgan fingerprint density at radius 3 is 2.52 bits per heavy atom. The summed E-state index contributed by atoms with van der Waals surface area (Å²) >= 11 is 0. The van der Waals surface area contributed by atoms with Crippen molar-refractivity contribution in [2.45, 2.75) is 25.8 Å². The number of rotatable bonds is 5. The summed E-state index contributed by atoms with van der Waals surface area (Å²) < 4.78 is 4.71. The number of methoxy groups -OCH3 is 1. The number of anilines is 1. The second-order valence-electron chi connectivity index (χ2n) is 4.96. The van der Waals surface area contributed by atoms with Gasteiger partial charge in [-0.1, -0.05) is 12.1 Å². The second-order valence-corrected chi connectivity index (χ2v) is 4.96. The molecule has 0 unspecified atom stereocenters. The van der Waals surface area contributed by atoms with Gasteiger partial charge in [0.25, 0.3) is 0 Å². The van der Waals surface area contributed by atoms with E-state index in [1.165, 1.54) is 18.9 Å². The maximum absolute atomic E-state index is 11.9. The first-order valence-electron chi connectivity index (χ1n) is 6.77. The molecule has 0 saturated heterocycles. The van der Waals surface area contributed by atoms with Crippen molar-refractivity contribution >= 4 is 23.5 Å². The molecule has 0 aliphatic heterocycles. The molecule has 2 rings (SSSR count). The van der Waals surface area contributed by atoms with E-state index in [9.17, 15) is 14.4 Å². The summed E-state index contributed by atoms with van der Waals surface area (Å²) in [7, 11) is 1.27. The van der Waals surface area contributed by atoms with Crippen LogP contribution in [0.2, 0.25) is 0 Å². The fraction of sp³-hybridized carbons (Fsp3) is 0.400. The summed E-state index contributed by atoms with van der Waals surface area (Å²) in [5, 5.41) is 2.82. The molecule has 1 N–H and O–H groups in total. The normalized spacial score (nSPS) is 13.4. The zero-order chi connectivity index (χ0) is 15.4. The van der Waals surface area contributed by atoms with E-state index in [0.717, 1.165) is 12.8 Å². The van der Waals surface area contributed by atoms with Crippen LogP contribution in [0.15, 0.2) is 24.3 Å². The molecule has 2 amide bonds. The highest BCUT2D eigenvalue weighted by molar-refractivity contribution is 6.04. The Labute approximate surface area is 123 Å². The Kier molecular flexibility index (Phi) is 4.57. The third kappa shape index (κ3) is 3.81. The summed E-state index contributed by atoms with van der Waals surface area (Å²) in [5.74, 6) is -1.08. The lowest BCUT2D eigenvalue weighted by Crippen LogP contribution is -2.41. The molecule has 0 radical (unpaired) electrons. The zero-order valence-corrected chi connectivity index (χ0v) is 12.1. The molecule has 0 spiro atoms. The van der Waals surface area contributed by atoms with Gasteiger partial charge in [0, 0.05) is 13.0 Å². The number of nitrogens with zero attached hydrogens (tertiary/aromatic N) is 1. The van der Waals surface area contributed by atoms with Crippen LogP contribution in [0.25, 0.3) is 0 Å². The van der Waals surface area contributed by atoms with Crippen molar-refractivity contribution < 1.29 is 19.1 Å². The van der Waals surface area contributed by atoms with E-state index in [1.54, 1.807) is 24.3 Å². The fourth-order valence-electron chi connectivity index (χ4n) is 2.00. The lowest BCUT2D eigenvalue weighted by molar-refractivity contribution is -0.123. The molecule has 0 bridgehead atoms. The number of carbonyl (C=O) groups is 3. The first-order chi connectivity index (χ1) is 10.0. The number of hydrogen-bond acceptors (Lipinski definition) is 4. The largest absolute Gasteiger partial charge is 0.465 e. The average molecular weight is 290 g/mol. The lowest BCUT2D eigenvalue weighted by atomic mass is 10.1. The highest BCUT2D eigenvalue weighted by Gasteiger charge is 2.26. The van der Waals surface area contributed by atoms with Crippen molar-refractivity contribution in [1.29, 1.82) is 0 Å². The average Bonchev–Trinajstić information content (AvgIpc) is 3.27. The SMILES string of the molecule is COC(=O)c1ccccc1N(CC(=O)NC1CC1)C(C)=O. The molecule has 0 aromatic heterocycles. The maximum atomic E-state index is 11.9. The molecule has 1 aromatic carbocycles. The molecule has 1 aliphatic carbocycles. The quantitative estimate of drug-likeness (QED) is 0.824. The lowest BCUT2D eigenvalue weighted by Gasteiger charge is -2.22. The first-order valence-corrected chi connectivity index (χ1v) is 6.77. The molecule has 1 aliphatic rings. The van der Waals surface area contributed by atoms with Gasteiger partial charge >= 0.3 is 5.97 Å². The van der Waals surface area contributed by atoms with Gasteiger partial charge in [0.05, 0.1) is 18.4 Å². The van der Waals surface area contributed by atoms with Crippen LogP contribution in [0.1, 0.15) is 30.1 Å². The molecule has 1 aromatic rings. The number of ether oxygens (including phenoxy) is 1. The molecule has 112 valence electrons. The number of nitrogens with one attached hydrogen (secondary N) is 1. The minimum Gasteiger partial charge on any atom is -0.465 e. The van der Waals surface area contributed by atoms with Crippen molar-refractivity contribution in [1.82, 2.24) is 5.32 Å². The van der Waals surface area contributed by atoms with Crippen LogP contribution in [0, 0.1) is 0 Å². The van der Waals surface area contributed by atoms with Crippen LogP contribution >= 0.6 is 0 Å². The van der Waals surface area contributed by atoms with Crippen molar-refractivity contribution in [2.24, 2.45) is 0 Å². The third-order valence-electron chi connectivity index (χ3n) is 3.22. The summed E-state index contributed by atoms with van der Waals surface area (Å²) in [6.07, 6.45) is 1.95. The Morgan fingerprint density at radius 1 is 1.29 bits per heavy atom. The van der Waals surface area contributed by atoms with Crippen molar-refractivity contribution in [3.63, 3.8) is 0 Å². The summed E-state index contributed by atoms with van der Waals surface area (Å²) in [6.45, 7) is 1.25. The molecular weight excluding hydrogens is 272 g/mol. The van der Waals surface area contributed by atoms with E-state index in [0.29, 0.717) is 5.69 Å². The van der Waals surface area contributed by atoms with Gasteiger partial charge in [0.1, 0.15) is 6.54 Å². The Hall–Kier alpha value is -2.37. The smallest absolute Gasteiger partial charge is 0.339 e. The van der Waals surface area contributed by atoms with Crippen LogP contribution in [0.5, 0.6) is 0 Å². The monoisotopic (exact) mass is 290 g/mol. The van der Waals surface area contributed by atoms with Crippen LogP contribution in [0.3, 0.4) is 0 Å². The van der Waals surface area contributed by atoms with E-state index >= 15 is 0 Å². The molecule has 1 saturated carbocycles. The topological polar surface area (TPSA) is 75.7 Å². The van der Waals surface area contributed by atoms with Crippen LogP contribution in [-0.2, 0) is 14.3 Å². The Balaban J connectivity index is 2.23. The van der Waals surface area contributed by atoms with Gasteiger partial charge in [0.15, 0.2) is 0 Å². The standard InChI is InChI=1S/C15H18N2O4/c1-10(18)17(9-14(19)16-11-7-8-11)13-6-4-3-5-12(13)15(20)21-2/h3-6,11H,7-9H2,1-2H3,(H,16,19). The Morgan fingerprint density at radius 2 is 1.95 bits per heavy atom. The molecular formula is C15H18N2O4. The number of carbonyl (C=O) groups excluding carboxylic acids is 3. The van der Waals surface area contributed by atoms with Crippen LogP contribution in [0.4, 0.5) is 5.69 Å². The van der Waals surface area contributed by atoms with Gasteiger partial charge in [-0.3, -0.25) is 9.59 Å². The van der Waals surface area contributed by atoms with E-state index in [4.69, 9.17) is 4.74 Å². The van der Waals surface area contributed by atoms with Crippen molar-refractivity contribution in [2.75, 3.05) is 18.6 Å². The zero-order valence-electron chi connectivity index (χ0n) is 12.1. The number of amides is 2. The molecule has 6 heteroatoms. The highest BCUT2D eigenvalue weighted by atomic mass is 16.5. The predicted molar refractivity (Wildman–Crippen MR) is 77.0 cm³/mol. The minimum atomic E-state index is -0.542. The summed E-state index contributed by atoms with van der Waals surface area (Å²) in [5.41, 5.74) is 0.636. The summed E-state index contributed by atoms with van der Waals surface area (Å²) in [6, 6.07) is 6.80. The van der Waals surface area contributed by atoms with Gasteiger partial charge in [0.2, 0.25) is 11.8 Å². The fourth-order valence-corrected chi connectivity index (χ4v) is 2.00. The van der Waals surface area contributed by atoms with Crippen molar-refractivity contribution in [3.05, 3.63) is 29.8 Å². The van der Waals surface area contributed by atoms with E-state index in [2.05, 4.69) is 5.32 Å². The maximum Gasteiger partial charge on any atom is 0.339 e. The van der Waals surface area contributed by atoms with E-state index < -0.39 is 5.97 Å². The second kappa shape index (κ2) is 6.39. The predicted octanol–water partition coefficient (Wildman–Crippen LogP) is 1.10. The molecule has 21 heavy (non-hydrogen) atoms. The van der Waals surface area contributed by atoms with Gasteiger partial charge in [-0.15, -0.1) is 0 Å². The molecule has 0 atom stereocenters. The number of hydrogen-bond donors (Lipinski definition) is 1. The van der Waals surface area contributed by atoms with Crippen LogP contribution in [-0.4, -0.2) is 37.5 Å². The molecule has 0 heterocycles. The van der Waals surface area contributed by atoms with E-state index in [1.807, 2.05) is 0 Å². The van der Waals surface area contributed by atoms with E-state index in [-0.39, 0.29) is 30.0 Å². The Bertz CT molecular complexity index is 567. The summed E-state index contributed by atoms with van der Waals surface area (Å²) in [4.78, 5) is 36.8. The number of benzene rings is 1. The van der Waals surface area contributed by atoms with Gasteiger partial charge in [-0.05, 0) is 25.0 Å². The minimum absolute atomic E-state index is 0.111.